The minimum absolute atomic E-state index is 0.0518. The number of nitrogens with zero attached hydrogens (tertiary/aromatic N) is 1. The van der Waals surface area contributed by atoms with E-state index in [0.29, 0.717) is 21.5 Å². The van der Waals surface area contributed by atoms with Crippen LogP contribution in [0.3, 0.4) is 0 Å². The first kappa shape index (κ1) is 15.3. The number of carbonyl (C=O) groups excluding carboxylic acids is 2. The molecule has 1 heterocycles. The van der Waals surface area contributed by atoms with E-state index in [9.17, 15) is 9.59 Å². The van der Waals surface area contributed by atoms with Crippen molar-refractivity contribution < 1.29 is 9.59 Å². The van der Waals surface area contributed by atoms with Crippen molar-refractivity contribution in [3.8, 4) is 0 Å². The molecule has 7 heteroatoms. The summed E-state index contributed by atoms with van der Waals surface area (Å²) in [6.45, 7) is 1.87. The number of rotatable bonds is 4. The smallest absolute Gasteiger partial charge is 0.244 e. The molecule has 1 fully saturated rings. The molecule has 0 spiro atoms. The first-order valence-corrected chi connectivity index (χ1v) is 7.75. The van der Waals surface area contributed by atoms with Gasteiger partial charge in [-0.25, -0.2) is 0 Å². The van der Waals surface area contributed by atoms with E-state index in [-0.39, 0.29) is 23.6 Å². The molecule has 1 aliphatic heterocycles. The first-order valence-electron chi connectivity index (χ1n) is 6.08. The monoisotopic (exact) mass is 328 g/mol. The Morgan fingerprint density at radius 3 is 2.65 bits per heavy atom. The summed E-state index contributed by atoms with van der Waals surface area (Å²) in [5.41, 5.74) is 0.636. The zero-order valence-electron chi connectivity index (χ0n) is 10.8. The van der Waals surface area contributed by atoms with Gasteiger partial charge in [-0.1, -0.05) is 42.5 Å². The molecule has 0 saturated carbocycles. The Morgan fingerprint density at radius 1 is 1.45 bits per heavy atom. The zero-order valence-corrected chi connectivity index (χ0v) is 13.1. The van der Waals surface area contributed by atoms with Crippen LogP contribution < -0.4 is 5.32 Å². The van der Waals surface area contributed by atoms with Gasteiger partial charge >= 0.3 is 0 Å². The molecule has 0 aliphatic carbocycles. The Bertz CT molecular complexity index is 548. The largest absolute Gasteiger partial charge is 0.325 e. The van der Waals surface area contributed by atoms with E-state index in [2.05, 4.69) is 5.32 Å². The number of hydrogen-bond donors (Lipinski definition) is 1. The fourth-order valence-corrected chi connectivity index (χ4v) is 3.33. The summed E-state index contributed by atoms with van der Waals surface area (Å²) in [7, 11) is 0. The third-order valence-corrected chi connectivity index (χ3v) is 4.81. The SMILES string of the molecule is CCC1SC(=S)N(CC(=O)Nc2ccc(Cl)cc2)C1=O. The lowest BCUT2D eigenvalue weighted by Crippen LogP contribution is -2.38. The van der Waals surface area contributed by atoms with Gasteiger partial charge in [-0.15, -0.1) is 0 Å². The van der Waals surface area contributed by atoms with Crippen molar-refractivity contribution in [2.24, 2.45) is 0 Å². The van der Waals surface area contributed by atoms with Crippen LogP contribution in [0.25, 0.3) is 0 Å². The maximum absolute atomic E-state index is 12.0. The number of benzene rings is 1. The Labute approximate surface area is 131 Å². The fourth-order valence-electron chi connectivity index (χ4n) is 1.78. The number of thiocarbonyl (C=S) groups is 1. The van der Waals surface area contributed by atoms with Crippen LogP contribution in [-0.2, 0) is 9.59 Å². The topological polar surface area (TPSA) is 49.4 Å². The van der Waals surface area contributed by atoms with Gasteiger partial charge in [0.25, 0.3) is 0 Å². The molecule has 1 aromatic carbocycles. The molecule has 20 heavy (non-hydrogen) atoms. The van der Waals surface area contributed by atoms with Crippen LogP contribution in [0.4, 0.5) is 5.69 Å². The predicted molar refractivity (Wildman–Crippen MR) is 86.1 cm³/mol. The molecule has 1 aromatic rings. The third-order valence-electron chi connectivity index (χ3n) is 2.81. The summed E-state index contributed by atoms with van der Waals surface area (Å²) in [4.78, 5) is 25.3. The normalized spacial score (nSPS) is 18.5. The van der Waals surface area contributed by atoms with Crippen LogP contribution in [0.5, 0.6) is 0 Å². The molecule has 1 N–H and O–H groups in total. The number of carbonyl (C=O) groups is 2. The van der Waals surface area contributed by atoms with Crippen molar-refractivity contribution in [3.05, 3.63) is 29.3 Å². The van der Waals surface area contributed by atoms with Crippen LogP contribution in [0.15, 0.2) is 24.3 Å². The summed E-state index contributed by atoms with van der Waals surface area (Å²) < 4.78 is 0.466. The van der Waals surface area contributed by atoms with E-state index < -0.39 is 0 Å². The maximum atomic E-state index is 12.0. The lowest BCUT2D eigenvalue weighted by molar-refractivity contribution is -0.129. The summed E-state index contributed by atoms with van der Waals surface area (Å²) >= 11 is 12.2. The molecule has 4 nitrogen and oxygen atoms in total. The van der Waals surface area contributed by atoms with Crippen LogP contribution in [-0.4, -0.2) is 32.8 Å². The second-order valence-corrected chi connectivity index (χ2v) is 6.53. The highest BCUT2D eigenvalue weighted by Gasteiger charge is 2.36. The van der Waals surface area contributed by atoms with Gasteiger partial charge in [0, 0.05) is 10.7 Å². The minimum Gasteiger partial charge on any atom is -0.325 e. The van der Waals surface area contributed by atoms with Gasteiger partial charge in [-0.05, 0) is 30.7 Å². The molecule has 0 aromatic heterocycles. The van der Waals surface area contributed by atoms with E-state index in [1.807, 2.05) is 6.92 Å². The Balaban J connectivity index is 1.96. The Kier molecular flexibility index (Phi) is 5.01. The van der Waals surface area contributed by atoms with Crippen molar-refractivity contribution >= 4 is 57.4 Å². The number of hydrogen-bond acceptors (Lipinski definition) is 4. The van der Waals surface area contributed by atoms with Gasteiger partial charge in [0.2, 0.25) is 11.8 Å². The van der Waals surface area contributed by atoms with Gasteiger partial charge in [0.05, 0.1) is 5.25 Å². The third kappa shape index (κ3) is 3.50. The van der Waals surface area contributed by atoms with Crippen molar-refractivity contribution in [1.82, 2.24) is 4.90 Å². The highest BCUT2D eigenvalue weighted by molar-refractivity contribution is 8.24. The Hall–Kier alpha value is -1.11. The summed E-state index contributed by atoms with van der Waals surface area (Å²) in [6.07, 6.45) is 0.707. The molecule has 1 aliphatic rings. The Morgan fingerprint density at radius 2 is 2.10 bits per heavy atom. The van der Waals surface area contributed by atoms with Crippen LogP contribution in [0.2, 0.25) is 5.02 Å². The average molecular weight is 329 g/mol. The highest BCUT2D eigenvalue weighted by atomic mass is 35.5. The number of amides is 2. The second kappa shape index (κ2) is 6.56. The number of nitrogens with one attached hydrogen (secondary N) is 1. The fraction of sp³-hybridized carbons (Fsp3) is 0.308. The van der Waals surface area contributed by atoms with Crippen LogP contribution in [0.1, 0.15) is 13.3 Å². The molecule has 2 rings (SSSR count). The average Bonchev–Trinajstić information content (AvgIpc) is 2.69. The van der Waals surface area contributed by atoms with Crippen molar-refractivity contribution in [3.63, 3.8) is 0 Å². The van der Waals surface area contributed by atoms with E-state index in [1.165, 1.54) is 16.7 Å². The predicted octanol–water partition coefficient (Wildman–Crippen LogP) is 2.92. The van der Waals surface area contributed by atoms with Crippen LogP contribution in [0, 0.1) is 0 Å². The lowest BCUT2D eigenvalue weighted by atomic mass is 10.3. The molecule has 0 bridgehead atoms. The van der Waals surface area contributed by atoms with Crippen LogP contribution >= 0.6 is 35.6 Å². The molecular formula is C13H13ClN2O2S2. The van der Waals surface area contributed by atoms with Crippen molar-refractivity contribution in [1.29, 1.82) is 0 Å². The number of halogens is 1. The molecule has 1 unspecified atom stereocenters. The summed E-state index contributed by atoms with van der Waals surface area (Å²) in [6, 6.07) is 6.78. The van der Waals surface area contributed by atoms with E-state index in [0.717, 1.165) is 0 Å². The first-order chi connectivity index (χ1) is 9.51. The van der Waals surface area contributed by atoms with Crippen molar-refractivity contribution in [2.45, 2.75) is 18.6 Å². The van der Waals surface area contributed by atoms with E-state index in [4.69, 9.17) is 23.8 Å². The summed E-state index contributed by atoms with van der Waals surface area (Å²) in [5, 5.41) is 3.15. The van der Waals surface area contributed by atoms with Crippen molar-refractivity contribution in [2.75, 3.05) is 11.9 Å². The molecule has 0 radical (unpaired) electrons. The molecule has 106 valence electrons. The van der Waals surface area contributed by atoms with E-state index in [1.54, 1.807) is 24.3 Å². The van der Waals surface area contributed by atoms with Gasteiger partial charge in [0.15, 0.2) is 0 Å². The van der Waals surface area contributed by atoms with Gasteiger partial charge in [-0.2, -0.15) is 0 Å². The highest BCUT2D eigenvalue weighted by Crippen LogP contribution is 2.29. The van der Waals surface area contributed by atoms with Gasteiger partial charge < -0.3 is 5.32 Å². The number of thioether (sulfide) groups is 1. The number of anilines is 1. The zero-order chi connectivity index (χ0) is 14.7. The standard InChI is InChI=1S/C13H13ClN2O2S2/c1-2-10-12(18)16(13(19)20-10)7-11(17)15-9-5-3-8(14)4-6-9/h3-6,10H,2,7H2,1H3,(H,15,17). The molecule has 1 saturated heterocycles. The quantitative estimate of drug-likeness (QED) is 0.863. The minimum atomic E-state index is -0.277. The van der Waals surface area contributed by atoms with E-state index >= 15 is 0 Å². The van der Waals surface area contributed by atoms with Gasteiger partial charge in [-0.3, -0.25) is 14.5 Å². The molecular weight excluding hydrogens is 316 g/mol. The lowest BCUT2D eigenvalue weighted by Gasteiger charge is -2.15. The molecule has 2 amide bonds. The molecule has 1 atom stereocenters. The summed E-state index contributed by atoms with van der Waals surface area (Å²) in [5.74, 6) is -0.367. The maximum Gasteiger partial charge on any atom is 0.244 e. The second-order valence-electron chi connectivity index (χ2n) is 4.26. The van der Waals surface area contributed by atoms with Gasteiger partial charge in [0.1, 0.15) is 10.9 Å².